The van der Waals surface area contributed by atoms with Crippen molar-refractivity contribution in [1.29, 1.82) is 0 Å². The van der Waals surface area contributed by atoms with Gasteiger partial charge in [-0.05, 0) is 41.6 Å². The quantitative estimate of drug-likeness (QED) is 0.365. The molecule has 4 aromatic rings. The van der Waals surface area contributed by atoms with Crippen LogP contribution in [0.1, 0.15) is 28.6 Å². The lowest BCUT2D eigenvalue weighted by Crippen LogP contribution is -2.22. The minimum Gasteiger partial charge on any atom is -0.440 e. The smallest absolute Gasteiger partial charge is 0.387 e. The molecule has 0 radical (unpaired) electrons. The Labute approximate surface area is 177 Å². The van der Waals surface area contributed by atoms with E-state index in [1.165, 1.54) is 0 Å². The van der Waals surface area contributed by atoms with Crippen LogP contribution < -0.4 is 10.1 Å². The van der Waals surface area contributed by atoms with E-state index < -0.39 is 6.61 Å². The molecule has 2 aromatic carbocycles. The molecular formula is C23H20F2N2O2S. The molecule has 7 heteroatoms. The Bertz CT molecular complexity index is 1060. The highest BCUT2D eigenvalue weighted by molar-refractivity contribution is 7.13. The van der Waals surface area contributed by atoms with Gasteiger partial charge in [-0.3, -0.25) is 0 Å². The molecule has 4 rings (SSSR count). The number of aromatic nitrogens is 1. The van der Waals surface area contributed by atoms with Crippen LogP contribution in [0.5, 0.6) is 5.75 Å². The molecular weight excluding hydrogens is 406 g/mol. The van der Waals surface area contributed by atoms with Crippen LogP contribution in [0, 0.1) is 6.92 Å². The number of nitrogens with one attached hydrogen (secondary N) is 1. The Balaban J connectivity index is 1.56. The van der Waals surface area contributed by atoms with Gasteiger partial charge in [0.1, 0.15) is 11.5 Å². The Morgan fingerprint density at radius 3 is 2.40 bits per heavy atom. The summed E-state index contributed by atoms with van der Waals surface area (Å²) in [6, 6.07) is 20.4. The normalized spacial score (nSPS) is 12.3. The van der Waals surface area contributed by atoms with Gasteiger partial charge < -0.3 is 14.5 Å². The Hall–Kier alpha value is -3.03. The molecule has 4 nitrogen and oxygen atoms in total. The van der Waals surface area contributed by atoms with Gasteiger partial charge in [0.15, 0.2) is 0 Å². The lowest BCUT2D eigenvalue weighted by Gasteiger charge is -2.20. The van der Waals surface area contributed by atoms with Crippen LogP contribution in [-0.4, -0.2) is 11.6 Å². The van der Waals surface area contributed by atoms with Crippen LogP contribution in [-0.2, 0) is 6.54 Å². The van der Waals surface area contributed by atoms with Gasteiger partial charge in [0.25, 0.3) is 0 Å². The number of halogens is 2. The van der Waals surface area contributed by atoms with Crippen LogP contribution in [0.2, 0.25) is 0 Å². The zero-order valence-corrected chi connectivity index (χ0v) is 17.0. The summed E-state index contributed by atoms with van der Waals surface area (Å²) in [7, 11) is 0. The Morgan fingerprint density at radius 2 is 1.73 bits per heavy atom. The van der Waals surface area contributed by atoms with Crippen LogP contribution >= 0.6 is 11.3 Å². The fourth-order valence-electron chi connectivity index (χ4n) is 3.21. The zero-order chi connectivity index (χ0) is 20.9. The summed E-state index contributed by atoms with van der Waals surface area (Å²) in [6.45, 7) is -0.448. The van der Waals surface area contributed by atoms with Crippen molar-refractivity contribution in [2.75, 3.05) is 0 Å². The third-order valence-electron chi connectivity index (χ3n) is 4.67. The molecule has 30 heavy (non-hydrogen) atoms. The topological polar surface area (TPSA) is 47.3 Å². The van der Waals surface area contributed by atoms with E-state index in [-0.39, 0.29) is 11.8 Å². The second-order valence-corrected chi connectivity index (χ2v) is 7.62. The van der Waals surface area contributed by atoms with E-state index in [9.17, 15) is 8.78 Å². The highest BCUT2D eigenvalue weighted by Crippen LogP contribution is 2.28. The highest BCUT2D eigenvalue weighted by Gasteiger charge is 2.17. The van der Waals surface area contributed by atoms with Gasteiger partial charge in [-0.15, -0.1) is 11.3 Å². The lowest BCUT2D eigenvalue weighted by molar-refractivity contribution is -0.0498. The van der Waals surface area contributed by atoms with E-state index in [0.29, 0.717) is 12.4 Å². The summed E-state index contributed by atoms with van der Waals surface area (Å²) >= 11 is 1.58. The Morgan fingerprint density at radius 1 is 1.00 bits per heavy atom. The predicted octanol–water partition coefficient (Wildman–Crippen LogP) is 6.19. The average molecular weight is 426 g/mol. The lowest BCUT2D eigenvalue weighted by atomic mass is 9.98. The van der Waals surface area contributed by atoms with Gasteiger partial charge in [0.05, 0.1) is 16.6 Å². The van der Waals surface area contributed by atoms with Crippen LogP contribution in [0.25, 0.3) is 10.8 Å². The van der Waals surface area contributed by atoms with Crippen LogP contribution in [0.15, 0.2) is 76.5 Å². The highest BCUT2D eigenvalue weighted by atomic mass is 32.1. The molecule has 0 aliphatic rings. The van der Waals surface area contributed by atoms with Crippen molar-refractivity contribution in [3.8, 4) is 16.5 Å². The van der Waals surface area contributed by atoms with E-state index in [2.05, 4.69) is 15.0 Å². The predicted molar refractivity (Wildman–Crippen MR) is 113 cm³/mol. The number of alkyl halides is 2. The van der Waals surface area contributed by atoms with Gasteiger partial charge in [-0.1, -0.05) is 48.5 Å². The molecule has 154 valence electrons. The fraction of sp³-hybridized carbons (Fsp3) is 0.174. The third-order valence-corrected chi connectivity index (χ3v) is 5.53. The maximum absolute atomic E-state index is 12.4. The van der Waals surface area contributed by atoms with E-state index in [0.717, 1.165) is 27.5 Å². The summed E-state index contributed by atoms with van der Waals surface area (Å²) in [5.74, 6) is 1.51. The molecule has 0 spiro atoms. The van der Waals surface area contributed by atoms with E-state index in [1.54, 1.807) is 35.6 Å². The third kappa shape index (κ3) is 4.75. The van der Waals surface area contributed by atoms with Gasteiger partial charge in [0.2, 0.25) is 5.89 Å². The summed E-state index contributed by atoms with van der Waals surface area (Å²) in [4.78, 5) is 5.62. The van der Waals surface area contributed by atoms with Crippen LogP contribution in [0.3, 0.4) is 0 Å². The second kappa shape index (κ2) is 9.19. The summed E-state index contributed by atoms with van der Waals surface area (Å²) in [5.41, 5.74) is 2.82. The number of ether oxygens (including phenoxy) is 1. The molecule has 1 atom stereocenters. The fourth-order valence-corrected chi connectivity index (χ4v) is 3.86. The minimum atomic E-state index is -2.84. The summed E-state index contributed by atoms with van der Waals surface area (Å²) in [5, 5.41) is 5.51. The van der Waals surface area contributed by atoms with Crippen molar-refractivity contribution in [2.24, 2.45) is 0 Å². The van der Waals surface area contributed by atoms with Crippen molar-refractivity contribution in [3.63, 3.8) is 0 Å². The number of aryl methyl sites for hydroxylation is 1. The molecule has 2 aromatic heterocycles. The maximum Gasteiger partial charge on any atom is 0.387 e. The number of benzene rings is 2. The van der Waals surface area contributed by atoms with E-state index in [4.69, 9.17) is 4.42 Å². The number of thiophene rings is 1. The zero-order valence-electron chi connectivity index (χ0n) is 16.2. The van der Waals surface area contributed by atoms with Crippen molar-refractivity contribution in [3.05, 3.63) is 94.7 Å². The van der Waals surface area contributed by atoms with Gasteiger partial charge in [-0.25, -0.2) is 4.98 Å². The standard InChI is InChI=1S/C23H20F2N2O2S/c1-15-19(27-22(28-15)20-8-5-13-30-20)14-26-21(16-6-3-2-4-7-16)17-9-11-18(12-10-17)29-23(24)25/h2-13,21,23,26H,14H2,1H3. The molecule has 0 aliphatic carbocycles. The first kappa shape index (κ1) is 20.3. The largest absolute Gasteiger partial charge is 0.440 e. The first-order valence-corrected chi connectivity index (χ1v) is 10.3. The number of hydrogen-bond acceptors (Lipinski definition) is 5. The summed E-state index contributed by atoms with van der Waals surface area (Å²) < 4.78 is 35.2. The molecule has 0 aliphatic heterocycles. The number of rotatable bonds is 8. The average Bonchev–Trinajstić information content (AvgIpc) is 3.40. The molecule has 1 unspecified atom stereocenters. The molecule has 0 fully saturated rings. The van der Waals surface area contributed by atoms with Gasteiger partial charge in [-0.2, -0.15) is 8.78 Å². The van der Waals surface area contributed by atoms with Crippen molar-refractivity contribution >= 4 is 11.3 Å². The van der Waals surface area contributed by atoms with Crippen molar-refractivity contribution < 1.29 is 17.9 Å². The molecule has 0 bridgehead atoms. The monoisotopic (exact) mass is 426 g/mol. The second-order valence-electron chi connectivity index (χ2n) is 6.67. The number of hydrogen-bond donors (Lipinski definition) is 1. The Kier molecular flexibility index (Phi) is 6.21. The molecule has 1 N–H and O–H groups in total. The van der Waals surface area contributed by atoms with Crippen molar-refractivity contribution in [2.45, 2.75) is 26.1 Å². The maximum atomic E-state index is 12.4. The molecule has 2 heterocycles. The first-order valence-electron chi connectivity index (χ1n) is 9.43. The minimum absolute atomic E-state index is 0.133. The van der Waals surface area contributed by atoms with E-state index in [1.807, 2.05) is 54.8 Å². The summed E-state index contributed by atoms with van der Waals surface area (Å²) in [6.07, 6.45) is 0. The van der Waals surface area contributed by atoms with E-state index >= 15 is 0 Å². The van der Waals surface area contributed by atoms with Gasteiger partial charge in [0, 0.05) is 6.54 Å². The molecule has 0 amide bonds. The first-order chi connectivity index (χ1) is 14.6. The molecule has 0 saturated carbocycles. The van der Waals surface area contributed by atoms with Crippen molar-refractivity contribution in [1.82, 2.24) is 10.3 Å². The number of oxazole rings is 1. The molecule has 0 saturated heterocycles. The SMILES string of the molecule is Cc1oc(-c2cccs2)nc1CNC(c1ccccc1)c1ccc(OC(F)F)cc1. The number of nitrogens with zero attached hydrogens (tertiary/aromatic N) is 1. The van der Waals surface area contributed by atoms with Gasteiger partial charge >= 0.3 is 6.61 Å². The van der Waals surface area contributed by atoms with Crippen LogP contribution in [0.4, 0.5) is 8.78 Å².